The van der Waals surface area contributed by atoms with Gasteiger partial charge >= 0.3 is 0 Å². The van der Waals surface area contributed by atoms with E-state index in [-0.39, 0.29) is 0 Å². The van der Waals surface area contributed by atoms with Crippen molar-refractivity contribution in [3.63, 3.8) is 0 Å². The molecule has 0 unspecified atom stereocenters. The van der Waals surface area contributed by atoms with E-state index in [1.165, 1.54) is 16.7 Å². The summed E-state index contributed by atoms with van der Waals surface area (Å²) >= 11 is 0. The first-order valence-corrected chi connectivity index (χ1v) is 7.61. The Morgan fingerprint density at radius 1 is 1.15 bits per heavy atom. The van der Waals surface area contributed by atoms with Gasteiger partial charge in [-0.1, -0.05) is 58.6 Å². The van der Waals surface area contributed by atoms with Crippen molar-refractivity contribution in [1.82, 2.24) is 0 Å². The van der Waals surface area contributed by atoms with Gasteiger partial charge in [0.2, 0.25) is 0 Å². The minimum Gasteiger partial charge on any atom is -0.493 e. The maximum atomic E-state index is 5.67. The highest BCUT2D eigenvalue weighted by atomic mass is 16.5. The second kappa shape index (κ2) is 12.5. The van der Waals surface area contributed by atoms with Gasteiger partial charge in [0.1, 0.15) is 12.4 Å². The Hall–Kier alpha value is -1.50. The fourth-order valence-corrected chi connectivity index (χ4v) is 1.85. The zero-order valence-electron chi connectivity index (χ0n) is 14.6. The van der Waals surface area contributed by atoms with Crippen LogP contribution >= 0.6 is 0 Å². The van der Waals surface area contributed by atoms with Crippen LogP contribution in [0.2, 0.25) is 0 Å². The van der Waals surface area contributed by atoms with Crippen molar-refractivity contribution < 1.29 is 4.74 Å². The lowest BCUT2D eigenvalue weighted by Gasteiger charge is -2.23. The maximum Gasteiger partial charge on any atom is 0.113 e. The number of hydrogen-bond donors (Lipinski definition) is 0. The molecule has 0 aromatic rings. The van der Waals surface area contributed by atoms with Gasteiger partial charge in [-0.3, -0.25) is 0 Å². The summed E-state index contributed by atoms with van der Waals surface area (Å²) in [6, 6.07) is 0. The third kappa shape index (κ3) is 5.64. The van der Waals surface area contributed by atoms with Gasteiger partial charge in [-0.2, -0.15) is 0 Å². The van der Waals surface area contributed by atoms with E-state index in [9.17, 15) is 0 Å². The smallest absolute Gasteiger partial charge is 0.113 e. The fraction of sp³-hybridized carbons (Fsp3) is 0.474. The maximum absolute atomic E-state index is 5.67. The minimum absolute atomic E-state index is 0.621. The lowest BCUT2D eigenvalue weighted by molar-refractivity contribution is 0.235. The van der Waals surface area contributed by atoms with Crippen molar-refractivity contribution in [1.29, 1.82) is 0 Å². The first-order chi connectivity index (χ1) is 9.65. The quantitative estimate of drug-likeness (QED) is 0.582. The molecule has 1 aliphatic heterocycles. The van der Waals surface area contributed by atoms with Crippen LogP contribution in [0.4, 0.5) is 0 Å². The van der Waals surface area contributed by atoms with E-state index < -0.39 is 0 Å². The van der Waals surface area contributed by atoms with Gasteiger partial charge in [-0.15, -0.1) is 0 Å². The molecule has 20 heavy (non-hydrogen) atoms. The summed E-state index contributed by atoms with van der Waals surface area (Å²) in [6.45, 7) is 20.7. The molecule has 0 aromatic heterocycles. The standard InChI is InChI=1S/C15H20O.2C2H6/c1-6-9-14-13(8-3)10-16-12(5)15(14)11(4)7-2;2*1-2/h6-9H,3,10H2,1-2,4-5H3;2*1-2H3/b9-6-,11-7-;;. The van der Waals surface area contributed by atoms with Crippen LogP contribution in [0, 0.1) is 0 Å². The Balaban J connectivity index is 0. The molecule has 0 radical (unpaired) electrons. The molecule has 114 valence electrons. The molecule has 0 fully saturated rings. The molecule has 0 aromatic carbocycles. The Bertz CT molecular complexity index is 403. The second-order valence-electron chi connectivity index (χ2n) is 3.83. The van der Waals surface area contributed by atoms with Crippen molar-refractivity contribution in [2.24, 2.45) is 0 Å². The van der Waals surface area contributed by atoms with Crippen LogP contribution in [0.25, 0.3) is 0 Å². The topological polar surface area (TPSA) is 9.23 Å². The van der Waals surface area contributed by atoms with E-state index in [4.69, 9.17) is 4.74 Å². The highest BCUT2D eigenvalue weighted by Gasteiger charge is 2.18. The van der Waals surface area contributed by atoms with E-state index in [0.29, 0.717) is 6.61 Å². The van der Waals surface area contributed by atoms with Crippen molar-refractivity contribution in [2.75, 3.05) is 6.61 Å². The number of rotatable bonds is 3. The van der Waals surface area contributed by atoms with E-state index >= 15 is 0 Å². The normalized spacial score (nSPS) is 15.1. The molecule has 1 aliphatic rings. The van der Waals surface area contributed by atoms with E-state index in [2.05, 4.69) is 31.7 Å². The predicted octanol–water partition coefficient (Wildman–Crippen LogP) is 6.37. The van der Waals surface area contributed by atoms with Gasteiger partial charge in [-0.25, -0.2) is 0 Å². The van der Waals surface area contributed by atoms with Gasteiger partial charge in [-0.05, 0) is 44.4 Å². The van der Waals surface area contributed by atoms with E-state index in [1.807, 2.05) is 54.5 Å². The fourth-order valence-electron chi connectivity index (χ4n) is 1.85. The van der Waals surface area contributed by atoms with Crippen LogP contribution in [0.1, 0.15) is 55.4 Å². The largest absolute Gasteiger partial charge is 0.493 e. The molecule has 0 saturated heterocycles. The molecule has 0 saturated carbocycles. The number of allylic oxidation sites excluding steroid dienone is 7. The highest BCUT2D eigenvalue weighted by molar-refractivity contribution is 5.57. The average Bonchev–Trinajstić information content (AvgIpc) is 2.51. The van der Waals surface area contributed by atoms with Crippen LogP contribution in [0.3, 0.4) is 0 Å². The Morgan fingerprint density at radius 3 is 2.10 bits per heavy atom. The van der Waals surface area contributed by atoms with Crippen LogP contribution in [-0.2, 0) is 4.74 Å². The summed E-state index contributed by atoms with van der Waals surface area (Å²) < 4.78 is 5.67. The van der Waals surface area contributed by atoms with Gasteiger partial charge in [0, 0.05) is 5.57 Å². The third-order valence-electron chi connectivity index (χ3n) is 2.82. The summed E-state index contributed by atoms with van der Waals surface area (Å²) in [5.41, 5.74) is 4.82. The molecule has 0 N–H and O–H groups in total. The SMILES string of the molecule is C=CC1=C(/C=C\C)C(/C(C)=C\C)=C(C)OC1.CC.CC. The number of hydrogen-bond acceptors (Lipinski definition) is 1. The van der Waals surface area contributed by atoms with Crippen molar-refractivity contribution in [3.05, 3.63) is 58.9 Å². The molecule has 1 heterocycles. The monoisotopic (exact) mass is 276 g/mol. The van der Waals surface area contributed by atoms with Crippen LogP contribution in [-0.4, -0.2) is 6.61 Å². The van der Waals surface area contributed by atoms with Gasteiger partial charge in [0.05, 0.1) is 0 Å². The summed E-state index contributed by atoms with van der Waals surface area (Å²) in [7, 11) is 0. The average molecular weight is 276 g/mol. The second-order valence-corrected chi connectivity index (χ2v) is 3.83. The first-order valence-electron chi connectivity index (χ1n) is 7.61. The molecule has 0 aliphatic carbocycles. The molecule has 1 nitrogen and oxygen atoms in total. The molecule has 0 amide bonds. The molecular weight excluding hydrogens is 244 g/mol. The molecule has 0 atom stereocenters. The van der Waals surface area contributed by atoms with Gasteiger partial charge in [0.25, 0.3) is 0 Å². The van der Waals surface area contributed by atoms with E-state index in [1.54, 1.807) is 0 Å². The van der Waals surface area contributed by atoms with Crippen molar-refractivity contribution in [2.45, 2.75) is 55.4 Å². The Morgan fingerprint density at radius 2 is 1.70 bits per heavy atom. The minimum atomic E-state index is 0.621. The van der Waals surface area contributed by atoms with Gasteiger partial charge in [0.15, 0.2) is 0 Å². The van der Waals surface area contributed by atoms with Crippen molar-refractivity contribution in [3.8, 4) is 0 Å². The summed E-state index contributed by atoms with van der Waals surface area (Å²) in [4.78, 5) is 0. The van der Waals surface area contributed by atoms with E-state index in [0.717, 1.165) is 11.3 Å². The Kier molecular flexibility index (Phi) is 13.0. The molecule has 1 heteroatoms. The number of ether oxygens (including phenoxy) is 1. The van der Waals surface area contributed by atoms with Crippen LogP contribution in [0.15, 0.2) is 58.9 Å². The molecule has 0 spiro atoms. The first kappa shape index (κ1) is 20.8. The van der Waals surface area contributed by atoms with Crippen LogP contribution < -0.4 is 0 Å². The summed E-state index contributed by atoms with van der Waals surface area (Å²) in [5.74, 6) is 0.995. The third-order valence-corrected chi connectivity index (χ3v) is 2.82. The summed E-state index contributed by atoms with van der Waals surface area (Å²) in [5, 5.41) is 0. The molecule has 0 bridgehead atoms. The molecule has 1 rings (SSSR count). The lowest BCUT2D eigenvalue weighted by atomic mass is 9.91. The van der Waals surface area contributed by atoms with Gasteiger partial charge < -0.3 is 4.74 Å². The zero-order chi connectivity index (χ0) is 16.1. The molecular formula is C19H32O. The van der Waals surface area contributed by atoms with Crippen molar-refractivity contribution >= 4 is 0 Å². The zero-order valence-corrected chi connectivity index (χ0v) is 14.6. The highest BCUT2D eigenvalue weighted by Crippen LogP contribution is 2.31. The Labute approximate surface area is 126 Å². The summed E-state index contributed by atoms with van der Waals surface area (Å²) in [6.07, 6.45) is 8.17. The predicted molar refractivity (Wildman–Crippen MR) is 92.8 cm³/mol. The van der Waals surface area contributed by atoms with Crippen LogP contribution in [0.5, 0.6) is 0 Å². The lowest BCUT2D eigenvalue weighted by Crippen LogP contribution is -2.10.